The quantitative estimate of drug-likeness (QED) is 0.126. The molecule has 4 aromatic carbocycles. The zero-order valence-corrected chi connectivity index (χ0v) is 22.3. The smallest absolute Gasteiger partial charge is 0.497 e. The van der Waals surface area contributed by atoms with Crippen LogP contribution in [0.15, 0.2) is 97.1 Å². The summed E-state index contributed by atoms with van der Waals surface area (Å²) in [6.45, 7) is 5.62. The van der Waals surface area contributed by atoms with Crippen molar-refractivity contribution in [1.82, 2.24) is 0 Å². The van der Waals surface area contributed by atoms with Crippen molar-refractivity contribution in [2.45, 2.75) is 32.6 Å². The molecule has 4 aromatic rings. The van der Waals surface area contributed by atoms with E-state index in [4.69, 9.17) is 23.7 Å². The second-order valence-corrected chi connectivity index (χ2v) is 9.03. The molecule has 0 aromatic heterocycles. The van der Waals surface area contributed by atoms with Gasteiger partial charge < -0.3 is 23.7 Å². The van der Waals surface area contributed by atoms with Crippen molar-refractivity contribution in [3.8, 4) is 34.5 Å². The van der Waals surface area contributed by atoms with Gasteiger partial charge in [0, 0.05) is 12.3 Å². The maximum absolute atomic E-state index is 12.4. The summed E-state index contributed by atoms with van der Waals surface area (Å²) in [5.41, 5.74) is 1.84. The Morgan fingerprint density at radius 2 is 0.949 bits per heavy atom. The second kappa shape index (κ2) is 12.2. The highest BCUT2D eigenvalue weighted by Crippen LogP contribution is 2.37. The van der Waals surface area contributed by atoms with Gasteiger partial charge in [-0.15, -0.1) is 0 Å². The minimum Gasteiger partial charge on any atom is -0.497 e. The largest absolute Gasteiger partial charge is 0.519 e. The van der Waals surface area contributed by atoms with Crippen molar-refractivity contribution in [3.63, 3.8) is 0 Å². The van der Waals surface area contributed by atoms with E-state index in [9.17, 15) is 9.59 Å². The Hall–Kier alpha value is -4.78. The Bertz CT molecular complexity index is 1390. The summed E-state index contributed by atoms with van der Waals surface area (Å²) in [5.74, 6) is 2.84. The highest BCUT2D eigenvalue weighted by atomic mass is 16.7. The van der Waals surface area contributed by atoms with Gasteiger partial charge >= 0.3 is 12.1 Å². The van der Waals surface area contributed by atoms with Gasteiger partial charge in [-0.05, 0) is 90.3 Å². The van der Waals surface area contributed by atoms with E-state index >= 15 is 0 Å². The van der Waals surface area contributed by atoms with Crippen LogP contribution in [-0.4, -0.2) is 19.2 Å². The van der Waals surface area contributed by atoms with Gasteiger partial charge in [-0.1, -0.05) is 38.1 Å². The summed E-state index contributed by atoms with van der Waals surface area (Å²) in [7, 11) is 1.60. The molecule has 0 heterocycles. The van der Waals surface area contributed by atoms with Crippen LogP contribution in [0.2, 0.25) is 0 Å². The predicted octanol–water partition coefficient (Wildman–Crippen LogP) is 7.71. The predicted molar refractivity (Wildman–Crippen MR) is 147 cm³/mol. The molecule has 200 valence electrons. The summed E-state index contributed by atoms with van der Waals surface area (Å²) in [6, 6.07) is 28.7. The van der Waals surface area contributed by atoms with Gasteiger partial charge in [0.1, 0.15) is 34.5 Å². The van der Waals surface area contributed by atoms with E-state index in [1.807, 2.05) is 36.4 Å². The molecule has 0 radical (unpaired) electrons. The molecule has 0 amide bonds. The fourth-order valence-electron chi connectivity index (χ4n) is 4.09. The molecule has 0 fully saturated rings. The summed E-state index contributed by atoms with van der Waals surface area (Å²) in [5, 5.41) is 0. The van der Waals surface area contributed by atoms with Crippen molar-refractivity contribution >= 4 is 12.1 Å². The SMILES string of the molecule is CCC(C)(c1ccc(OC(C)=O)cc1)c1ccc(OC(=O)Oc2ccc(Oc3ccc(OC)cc3)cc2)cc1. The third-order valence-electron chi connectivity index (χ3n) is 6.47. The van der Waals surface area contributed by atoms with Crippen LogP contribution in [-0.2, 0) is 10.2 Å². The highest BCUT2D eigenvalue weighted by Gasteiger charge is 2.27. The molecule has 0 spiro atoms. The van der Waals surface area contributed by atoms with Crippen LogP contribution in [0.3, 0.4) is 0 Å². The molecule has 1 atom stereocenters. The summed E-state index contributed by atoms with van der Waals surface area (Å²) in [4.78, 5) is 23.6. The van der Waals surface area contributed by atoms with Crippen molar-refractivity contribution in [3.05, 3.63) is 108 Å². The normalized spacial score (nSPS) is 12.1. The van der Waals surface area contributed by atoms with Crippen LogP contribution in [0.4, 0.5) is 4.79 Å². The fourth-order valence-corrected chi connectivity index (χ4v) is 4.09. The van der Waals surface area contributed by atoms with E-state index in [-0.39, 0.29) is 11.4 Å². The fraction of sp³-hybridized carbons (Fsp3) is 0.188. The number of hydrogen-bond donors (Lipinski definition) is 0. The van der Waals surface area contributed by atoms with E-state index in [0.717, 1.165) is 23.3 Å². The molecule has 0 aliphatic heterocycles. The molecular formula is C32H30O7. The van der Waals surface area contributed by atoms with Crippen molar-refractivity contribution < 1.29 is 33.3 Å². The maximum Gasteiger partial charge on any atom is 0.519 e. The first-order valence-electron chi connectivity index (χ1n) is 12.5. The van der Waals surface area contributed by atoms with Gasteiger partial charge in [0.15, 0.2) is 0 Å². The first-order valence-corrected chi connectivity index (χ1v) is 12.5. The van der Waals surface area contributed by atoms with Gasteiger partial charge in [0.25, 0.3) is 0 Å². The van der Waals surface area contributed by atoms with Gasteiger partial charge in [-0.25, -0.2) is 4.79 Å². The standard InChI is InChI=1S/C32H30O7/c1-5-32(3,23-6-10-26(11-7-23)36-22(2)33)24-8-12-29(13-9-24)38-31(34)39-30-20-18-28(19-21-30)37-27-16-14-25(35-4)15-17-27/h6-21H,5H2,1-4H3. The summed E-state index contributed by atoms with van der Waals surface area (Å²) < 4.78 is 26.8. The third kappa shape index (κ3) is 6.96. The number of hydrogen-bond acceptors (Lipinski definition) is 7. The zero-order valence-electron chi connectivity index (χ0n) is 22.3. The first kappa shape index (κ1) is 27.3. The third-order valence-corrected chi connectivity index (χ3v) is 6.47. The zero-order chi connectivity index (χ0) is 27.8. The van der Waals surface area contributed by atoms with E-state index < -0.39 is 6.16 Å². The van der Waals surface area contributed by atoms with Crippen molar-refractivity contribution in [2.24, 2.45) is 0 Å². The number of ether oxygens (including phenoxy) is 5. The van der Waals surface area contributed by atoms with Gasteiger partial charge in [0.05, 0.1) is 7.11 Å². The van der Waals surface area contributed by atoms with Gasteiger partial charge in [-0.3, -0.25) is 4.79 Å². The van der Waals surface area contributed by atoms with Crippen LogP contribution in [0.5, 0.6) is 34.5 Å². The number of methoxy groups -OCH3 is 1. The molecule has 39 heavy (non-hydrogen) atoms. The van der Waals surface area contributed by atoms with E-state index in [1.165, 1.54) is 6.92 Å². The molecule has 0 saturated heterocycles. The van der Waals surface area contributed by atoms with E-state index in [1.54, 1.807) is 67.8 Å². The van der Waals surface area contributed by atoms with Crippen molar-refractivity contribution in [1.29, 1.82) is 0 Å². The monoisotopic (exact) mass is 526 g/mol. The number of rotatable bonds is 9. The van der Waals surface area contributed by atoms with Crippen LogP contribution in [0, 0.1) is 0 Å². The Kier molecular flexibility index (Phi) is 8.51. The molecule has 1 unspecified atom stereocenters. The summed E-state index contributed by atoms with van der Waals surface area (Å²) in [6.07, 6.45) is -0.00811. The maximum atomic E-state index is 12.4. The van der Waals surface area contributed by atoms with Crippen LogP contribution in [0.25, 0.3) is 0 Å². The lowest BCUT2D eigenvalue weighted by molar-refractivity contribution is -0.131. The van der Waals surface area contributed by atoms with Gasteiger partial charge in [-0.2, -0.15) is 0 Å². The van der Waals surface area contributed by atoms with Crippen LogP contribution in [0.1, 0.15) is 38.3 Å². The first-order chi connectivity index (χ1) is 18.8. The lowest BCUT2D eigenvalue weighted by Crippen LogP contribution is -2.22. The number of carbonyl (C=O) groups excluding carboxylic acids is 2. The lowest BCUT2D eigenvalue weighted by atomic mass is 9.74. The molecule has 0 bridgehead atoms. The molecule has 0 N–H and O–H groups in total. The number of benzene rings is 4. The van der Waals surface area contributed by atoms with Gasteiger partial charge in [0.2, 0.25) is 0 Å². The molecule has 0 aliphatic rings. The minimum absolute atomic E-state index is 0.288. The van der Waals surface area contributed by atoms with E-state index in [2.05, 4.69) is 13.8 Å². The van der Waals surface area contributed by atoms with Crippen LogP contribution >= 0.6 is 0 Å². The molecular weight excluding hydrogens is 496 g/mol. The molecule has 0 aliphatic carbocycles. The number of carbonyl (C=O) groups is 2. The number of esters is 1. The minimum atomic E-state index is -0.842. The average molecular weight is 527 g/mol. The van der Waals surface area contributed by atoms with Crippen LogP contribution < -0.4 is 23.7 Å². The molecule has 7 nitrogen and oxygen atoms in total. The Morgan fingerprint density at radius 3 is 1.33 bits per heavy atom. The average Bonchev–Trinajstić information content (AvgIpc) is 2.94. The summed E-state index contributed by atoms with van der Waals surface area (Å²) >= 11 is 0. The molecule has 4 rings (SSSR count). The van der Waals surface area contributed by atoms with Crippen molar-refractivity contribution in [2.75, 3.05) is 7.11 Å². The van der Waals surface area contributed by atoms with E-state index in [0.29, 0.717) is 28.7 Å². The Morgan fingerprint density at radius 1 is 0.590 bits per heavy atom. The Balaban J connectivity index is 1.35. The highest BCUT2D eigenvalue weighted by molar-refractivity contribution is 5.69. The lowest BCUT2D eigenvalue weighted by Gasteiger charge is -2.30. The topological polar surface area (TPSA) is 80.3 Å². The molecule has 7 heteroatoms. The molecule has 0 saturated carbocycles. The second-order valence-electron chi connectivity index (χ2n) is 9.03. The Labute approximate surface area is 227 Å².